The molecule has 13 heteroatoms. The molecule has 4 rings (SSSR count). The highest BCUT2D eigenvalue weighted by Crippen LogP contribution is 2.42. The van der Waals surface area contributed by atoms with Gasteiger partial charge in [-0.15, -0.1) is 0 Å². The van der Waals surface area contributed by atoms with Gasteiger partial charge in [0.15, 0.2) is 0 Å². The molecule has 3 aromatic carbocycles. The summed E-state index contributed by atoms with van der Waals surface area (Å²) in [6.07, 6.45) is 0. The van der Waals surface area contributed by atoms with Crippen LogP contribution in [0.5, 0.6) is 17.2 Å². The predicted octanol–water partition coefficient (Wildman–Crippen LogP) is 5.59. The van der Waals surface area contributed by atoms with Crippen molar-refractivity contribution < 1.29 is 44.0 Å². The number of rotatable bonds is 5. The van der Waals surface area contributed by atoms with Gasteiger partial charge in [-0.1, -0.05) is 13.8 Å². The summed E-state index contributed by atoms with van der Waals surface area (Å²) < 4.78 is 108. The zero-order chi connectivity index (χ0) is 27.5. The van der Waals surface area contributed by atoms with Crippen LogP contribution in [0.2, 0.25) is 0 Å². The Bertz CT molecular complexity index is 1460. The Labute approximate surface area is 209 Å². The van der Waals surface area contributed by atoms with Crippen LogP contribution in [-0.4, -0.2) is 28.7 Å². The Morgan fingerprint density at radius 3 is 2.11 bits per heavy atom. The molecule has 0 fully saturated rings. The second kappa shape index (κ2) is 10.9. The van der Waals surface area contributed by atoms with Gasteiger partial charge in [0.05, 0.1) is 36.7 Å². The fourth-order valence-corrected chi connectivity index (χ4v) is 4.34. The summed E-state index contributed by atoms with van der Waals surface area (Å²) in [5.74, 6) is -13.6. The molecular weight excluding hydrogens is 523 g/mol. The first-order chi connectivity index (χ1) is 17.6. The predicted molar refractivity (Wildman–Crippen MR) is 122 cm³/mol. The summed E-state index contributed by atoms with van der Waals surface area (Å²) in [6, 6.07) is 9.99. The normalized spacial score (nSPS) is 12.5. The Balaban J connectivity index is 0.00000186. The molecule has 0 amide bonds. The first-order valence-corrected chi connectivity index (χ1v) is 12.1. The van der Waals surface area contributed by atoms with Gasteiger partial charge in [-0.3, -0.25) is 0 Å². The number of anilines is 2. The molecule has 0 spiro atoms. The average Bonchev–Trinajstić information content (AvgIpc) is 2.93. The third kappa shape index (κ3) is 5.10. The quantitative estimate of drug-likeness (QED) is 0.180. The van der Waals surface area contributed by atoms with E-state index in [-0.39, 0.29) is 12.4 Å². The third-order valence-corrected chi connectivity index (χ3v) is 6.26. The summed E-state index contributed by atoms with van der Waals surface area (Å²) in [4.78, 5) is 1.06. The van der Waals surface area contributed by atoms with Gasteiger partial charge in [0.1, 0.15) is 23.0 Å². The molecule has 1 aliphatic heterocycles. The summed E-state index contributed by atoms with van der Waals surface area (Å²) >= 11 is 0. The van der Waals surface area contributed by atoms with Crippen LogP contribution in [0.3, 0.4) is 0 Å². The molecule has 196 valence electrons. The molecule has 0 aliphatic carbocycles. The molecule has 37 heavy (non-hydrogen) atoms. The maximum Gasteiger partial charge on any atom is 0.339 e. The number of halogens is 5. The lowest BCUT2D eigenvalue weighted by molar-refractivity contribution is 0.312. The first kappa shape index (κ1) is 27.5. The van der Waals surface area contributed by atoms with Crippen molar-refractivity contribution in [3.63, 3.8) is 0 Å². The van der Waals surface area contributed by atoms with E-state index in [1.165, 1.54) is 19.2 Å². The monoisotopic (exact) mass is 542 g/mol. The topological polar surface area (TPSA) is 88.9 Å². The lowest BCUT2D eigenvalue weighted by Crippen LogP contribution is -2.29. The highest BCUT2D eigenvalue weighted by atomic mass is 32.2. The van der Waals surface area contributed by atoms with Gasteiger partial charge in [-0.25, -0.2) is 13.2 Å². The van der Waals surface area contributed by atoms with Crippen LogP contribution in [0.15, 0.2) is 41.3 Å². The van der Waals surface area contributed by atoms with Crippen molar-refractivity contribution in [2.45, 2.75) is 18.7 Å². The van der Waals surface area contributed by atoms with Crippen LogP contribution in [0.4, 0.5) is 33.3 Å². The number of nitriles is 1. The molecular formula is C24H19F5N2O5S. The Hall–Kier alpha value is -4.05. The summed E-state index contributed by atoms with van der Waals surface area (Å²) in [7, 11) is -3.63. The van der Waals surface area contributed by atoms with Gasteiger partial charge in [0, 0.05) is 12.1 Å². The molecule has 1 aliphatic rings. The fraction of sp³-hybridized carbons (Fsp3) is 0.208. The minimum atomic E-state index is -5.04. The number of hydrogen-bond acceptors (Lipinski definition) is 7. The van der Waals surface area contributed by atoms with E-state index in [1.54, 1.807) is 17.0 Å². The summed E-state index contributed by atoms with van der Waals surface area (Å²) in [5.41, 5.74) is 1.28. The van der Waals surface area contributed by atoms with Gasteiger partial charge >= 0.3 is 10.1 Å². The van der Waals surface area contributed by atoms with Crippen molar-refractivity contribution in [3.8, 4) is 23.3 Å². The molecule has 0 unspecified atom stereocenters. The molecule has 0 bridgehead atoms. The molecule has 3 aromatic rings. The molecule has 0 radical (unpaired) electrons. The Morgan fingerprint density at radius 2 is 1.51 bits per heavy atom. The van der Waals surface area contributed by atoms with Crippen molar-refractivity contribution >= 4 is 21.5 Å². The molecule has 0 saturated carbocycles. The smallest absolute Gasteiger partial charge is 0.339 e. The number of methoxy groups -OCH3 is 1. The second-order valence-corrected chi connectivity index (χ2v) is 8.61. The minimum absolute atomic E-state index is 0.0322. The molecule has 0 atom stereocenters. The van der Waals surface area contributed by atoms with E-state index in [4.69, 9.17) is 14.7 Å². The van der Waals surface area contributed by atoms with Crippen LogP contribution in [-0.2, 0) is 10.1 Å². The lowest BCUT2D eigenvalue weighted by Gasteiger charge is -2.32. The van der Waals surface area contributed by atoms with Crippen LogP contribution in [0.25, 0.3) is 0 Å². The van der Waals surface area contributed by atoms with E-state index < -0.39 is 49.8 Å². The van der Waals surface area contributed by atoms with Crippen molar-refractivity contribution in [1.29, 1.82) is 5.26 Å². The summed E-state index contributed by atoms with van der Waals surface area (Å²) in [5, 5.41) is 9.09. The maximum atomic E-state index is 13.9. The average molecular weight is 542 g/mol. The Kier molecular flexibility index (Phi) is 8.12. The van der Waals surface area contributed by atoms with Gasteiger partial charge in [0.2, 0.25) is 34.8 Å². The first-order valence-electron chi connectivity index (χ1n) is 10.7. The van der Waals surface area contributed by atoms with E-state index in [2.05, 4.69) is 4.18 Å². The van der Waals surface area contributed by atoms with Crippen LogP contribution >= 0.6 is 0 Å². The molecule has 1 heterocycles. The van der Waals surface area contributed by atoms with Crippen molar-refractivity contribution in [3.05, 3.63) is 71.0 Å². The van der Waals surface area contributed by atoms with Crippen LogP contribution in [0, 0.1) is 40.4 Å². The molecule has 0 N–H and O–H groups in total. The highest BCUT2D eigenvalue weighted by molar-refractivity contribution is 7.87. The SMILES string of the molecule is CC.COc1cc(C#N)ccc1N1CCOc2cc(S(=O)(=O)Oc3c(F)c(F)c(F)c(F)c3F)ccc21. The van der Waals surface area contributed by atoms with Crippen LogP contribution < -0.4 is 18.6 Å². The zero-order valence-corrected chi connectivity index (χ0v) is 20.4. The minimum Gasteiger partial charge on any atom is -0.495 e. The number of ether oxygens (including phenoxy) is 2. The summed E-state index contributed by atoms with van der Waals surface area (Å²) in [6.45, 7) is 4.42. The van der Waals surface area contributed by atoms with E-state index in [1.807, 2.05) is 19.9 Å². The zero-order valence-electron chi connectivity index (χ0n) is 19.6. The van der Waals surface area contributed by atoms with E-state index in [0.717, 1.165) is 12.1 Å². The lowest BCUT2D eigenvalue weighted by atomic mass is 10.1. The van der Waals surface area contributed by atoms with E-state index in [9.17, 15) is 30.4 Å². The molecule has 0 saturated heterocycles. The van der Waals surface area contributed by atoms with Gasteiger partial charge in [-0.05, 0) is 24.3 Å². The second-order valence-electron chi connectivity index (χ2n) is 7.06. The molecule has 0 aromatic heterocycles. The number of fused-ring (bicyclic) bond motifs is 1. The number of nitrogens with zero attached hydrogens (tertiary/aromatic N) is 2. The Morgan fingerprint density at radius 1 is 0.919 bits per heavy atom. The van der Waals surface area contributed by atoms with Gasteiger partial charge in [0.25, 0.3) is 0 Å². The van der Waals surface area contributed by atoms with Gasteiger partial charge in [-0.2, -0.15) is 22.5 Å². The largest absolute Gasteiger partial charge is 0.495 e. The number of hydrogen-bond donors (Lipinski definition) is 0. The van der Waals surface area contributed by atoms with Crippen molar-refractivity contribution in [2.24, 2.45) is 0 Å². The molecule has 7 nitrogen and oxygen atoms in total. The van der Waals surface area contributed by atoms with Gasteiger partial charge < -0.3 is 18.6 Å². The standard InChI is InChI=1S/C22H13F5N2O5S.C2H6/c1-32-15-8-11(10-28)2-4-13(15)29-6-7-33-16-9-12(3-5-14(16)29)35(30,31)34-22-20(26)18(24)17(23)19(25)21(22)27;1-2/h2-5,8-9H,6-7H2,1H3;1-2H3. The van der Waals surface area contributed by atoms with Crippen LogP contribution in [0.1, 0.15) is 19.4 Å². The van der Waals surface area contributed by atoms with Crippen molar-refractivity contribution in [1.82, 2.24) is 0 Å². The van der Waals surface area contributed by atoms with Crippen molar-refractivity contribution in [2.75, 3.05) is 25.2 Å². The highest BCUT2D eigenvalue weighted by Gasteiger charge is 2.32. The van der Waals surface area contributed by atoms with E-state index >= 15 is 0 Å². The number of benzene rings is 3. The fourth-order valence-electron chi connectivity index (χ4n) is 3.39. The van der Waals surface area contributed by atoms with E-state index in [0.29, 0.717) is 29.2 Å². The maximum absolute atomic E-state index is 13.9. The third-order valence-electron chi connectivity index (χ3n) is 5.05.